The molecule has 0 spiro atoms. The van der Waals surface area contributed by atoms with Crippen molar-refractivity contribution in [3.05, 3.63) is 18.5 Å². The predicted molar refractivity (Wildman–Crippen MR) is 86.8 cm³/mol. The normalized spacial score (nSPS) is 27.5. The highest BCUT2D eigenvalue weighted by Gasteiger charge is 2.31. The maximum atomic E-state index is 12.3. The van der Waals surface area contributed by atoms with Crippen LogP contribution in [0.1, 0.15) is 51.0 Å². The van der Waals surface area contributed by atoms with Crippen LogP contribution in [0.2, 0.25) is 0 Å². The zero-order valence-corrected chi connectivity index (χ0v) is 14.0. The molecular weight excluding hydrogens is 317 g/mol. The molecule has 3 rings (SSSR count). The van der Waals surface area contributed by atoms with Gasteiger partial charge in [0.25, 0.3) is 0 Å². The summed E-state index contributed by atoms with van der Waals surface area (Å²) in [6, 6.07) is 3.20. The Morgan fingerprint density at radius 1 is 1.08 bits per heavy atom. The van der Waals surface area contributed by atoms with E-state index in [9.17, 15) is 13.2 Å². The largest absolute Gasteiger partial charge is 0.390 e. The topological polar surface area (TPSA) is 33.1 Å². The van der Waals surface area contributed by atoms with E-state index in [2.05, 4.69) is 15.1 Å². The highest BCUT2D eigenvalue weighted by Crippen LogP contribution is 2.29. The van der Waals surface area contributed by atoms with Crippen molar-refractivity contribution in [1.29, 1.82) is 0 Å². The Morgan fingerprint density at radius 2 is 1.83 bits per heavy atom. The van der Waals surface area contributed by atoms with Crippen LogP contribution in [-0.2, 0) is 0 Å². The van der Waals surface area contributed by atoms with Crippen LogP contribution in [0.25, 0.3) is 0 Å². The molecule has 2 fully saturated rings. The summed E-state index contributed by atoms with van der Waals surface area (Å²) in [4.78, 5) is 1.94. The second-order valence-corrected chi connectivity index (χ2v) is 7.09. The van der Waals surface area contributed by atoms with Crippen molar-refractivity contribution in [2.24, 2.45) is 0 Å². The van der Waals surface area contributed by atoms with Gasteiger partial charge in [0.1, 0.15) is 0 Å². The summed E-state index contributed by atoms with van der Waals surface area (Å²) >= 11 is 0. The van der Waals surface area contributed by atoms with Gasteiger partial charge in [0.05, 0.1) is 12.5 Å². The third kappa shape index (κ3) is 4.96. The number of alkyl halides is 3. The van der Waals surface area contributed by atoms with Gasteiger partial charge >= 0.3 is 6.18 Å². The first-order valence-corrected chi connectivity index (χ1v) is 9.05. The first kappa shape index (κ1) is 17.7. The van der Waals surface area contributed by atoms with Crippen LogP contribution in [-0.4, -0.2) is 52.6 Å². The Hall–Kier alpha value is -1.08. The Morgan fingerprint density at radius 3 is 2.50 bits per heavy atom. The number of nitrogens with one attached hydrogen (secondary N) is 1. The van der Waals surface area contributed by atoms with Crippen molar-refractivity contribution in [2.75, 3.05) is 19.6 Å². The number of piperidine rings is 1. The third-order valence-corrected chi connectivity index (χ3v) is 5.34. The van der Waals surface area contributed by atoms with Crippen LogP contribution in [0.3, 0.4) is 0 Å². The van der Waals surface area contributed by atoms with Gasteiger partial charge in [0, 0.05) is 31.0 Å². The van der Waals surface area contributed by atoms with Gasteiger partial charge in [-0.05, 0) is 44.8 Å². The van der Waals surface area contributed by atoms with E-state index in [0.29, 0.717) is 18.1 Å². The minimum absolute atomic E-state index is 0.134. The number of hydrogen-bond donors (Lipinski definition) is 1. The number of aromatic nitrogens is 2. The molecule has 1 aliphatic heterocycles. The first-order valence-electron chi connectivity index (χ1n) is 9.05. The van der Waals surface area contributed by atoms with Crippen LogP contribution >= 0.6 is 0 Å². The lowest BCUT2D eigenvalue weighted by Crippen LogP contribution is -2.50. The van der Waals surface area contributed by atoms with E-state index >= 15 is 0 Å². The molecule has 0 bridgehead atoms. The van der Waals surface area contributed by atoms with Crippen molar-refractivity contribution in [2.45, 2.75) is 69.2 Å². The fraction of sp³-hybridized carbons (Fsp3) is 0.824. The Balaban J connectivity index is 1.46. The molecule has 24 heavy (non-hydrogen) atoms. The summed E-state index contributed by atoms with van der Waals surface area (Å²) in [5.41, 5.74) is 0. The quantitative estimate of drug-likeness (QED) is 0.889. The molecule has 1 saturated heterocycles. The third-order valence-electron chi connectivity index (χ3n) is 5.34. The number of halogens is 3. The average molecular weight is 344 g/mol. The Labute approximate surface area is 141 Å². The monoisotopic (exact) mass is 344 g/mol. The van der Waals surface area contributed by atoms with Crippen LogP contribution in [0, 0.1) is 0 Å². The van der Waals surface area contributed by atoms with E-state index < -0.39 is 12.6 Å². The molecule has 1 aliphatic carbocycles. The molecule has 7 heteroatoms. The van der Waals surface area contributed by atoms with Gasteiger partial charge in [-0.1, -0.05) is 12.8 Å². The van der Waals surface area contributed by atoms with Crippen molar-refractivity contribution in [3.63, 3.8) is 0 Å². The van der Waals surface area contributed by atoms with Gasteiger partial charge in [-0.3, -0.25) is 4.68 Å². The zero-order chi connectivity index (χ0) is 17.0. The van der Waals surface area contributed by atoms with Gasteiger partial charge < -0.3 is 10.2 Å². The van der Waals surface area contributed by atoms with Crippen LogP contribution in [0.5, 0.6) is 0 Å². The van der Waals surface area contributed by atoms with Gasteiger partial charge in [-0.25, -0.2) is 0 Å². The fourth-order valence-corrected chi connectivity index (χ4v) is 4.01. The van der Waals surface area contributed by atoms with E-state index in [1.807, 2.05) is 23.4 Å². The molecule has 1 N–H and O–H groups in total. The maximum absolute atomic E-state index is 12.3. The molecule has 2 atom stereocenters. The van der Waals surface area contributed by atoms with Crippen LogP contribution < -0.4 is 5.32 Å². The molecule has 4 nitrogen and oxygen atoms in total. The lowest BCUT2D eigenvalue weighted by atomic mass is 9.89. The lowest BCUT2D eigenvalue weighted by Gasteiger charge is -2.38. The minimum Gasteiger partial charge on any atom is -0.309 e. The van der Waals surface area contributed by atoms with Crippen molar-refractivity contribution < 1.29 is 13.2 Å². The molecular formula is C17H27F3N4. The molecule has 1 aromatic heterocycles. The molecule has 136 valence electrons. The standard InChI is InChI=1S/C17H27F3N4/c18-17(19,20)8-13-23-11-6-14(7-12-23)22-15-4-1-2-5-16(15)24-10-3-9-21-24/h3,9-10,14-16,22H,1-2,4-8,11-13H2/t15-,16+/m1/s1. The number of rotatable bonds is 5. The molecule has 0 radical (unpaired) electrons. The molecule has 1 aromatic rings. The SMILES string of the molecule is FC(F)(F)CCN1CCC(N[C@@H]2CCCC[C@@H]2n2cccn2)CC1. The summed E-state index contributed by atoms with van der Waals surface area (Å²) in [7, 11) is 0. The average Bonchev–Trinajstić information content (AvgIpc) is 3.08. The summed E-state index contributed by atoms with van der Waals surface area (Å²) < 4.78 is 39.0. The van der Waals surface area contributed by atoms with E-state index in [4.69, 9.17) is 0 Å². The summed E-state index contributed by atoms with van der Waals surface area (Å²) in [6.07, 6.45) is 5.74. The van der Waals surface area contributed by atoms with E-state index in [1.165, 1.54) is 12.8 Å². The number of hydrogen-bond acceptors (Lipinski definition) is 3. The fourth-order valence-electron chi connectivity index (χ4n) is 4.01. The van der Waals surface area contributed by atoms with Crippen LogP contribution in [0.4, 0.5) is 13.2 Å². The highest BCUT2D eigenvalue weighted by molar-refractivity contribution is 4.92. The van der Waals surface area contributed by atoms with E-state index in [1.54, 1.807) is 0 Å². The first-order chi connectivity index (χ1) is 11.5. The molecule has 0 unspecified atom stereocenters. The molecule has 1 saturated carbocycles. The molecule has 0 amide bonds. The van der Waals surface area contributed by atoms with Gasteiger partial charge in [0.15, 0.2) is 0 Å². The second-order valence-electron chi connectivity index (χ2n) is 7.09. The molecule has 2 aliphatic rings. The minimum atomic E-state index is -4.05. The second kappa shape index (κ2) is 7.87. The van der Waals surface area contributed by atoms with Gasteiger partial charge in [-0.15, -0.1) is 0 Å². The molecule has 2 heterocycles. The van der Waals surface area contributed by atoms with Gasteiger partial charge in [0.2, 0.25) is 0 Å². The van der Waals surface area contributed by atoms with E-state index in [-0.39, 0.29) is 6.54 Å². The number of nitrogens with zero attached hydrogens (tertiary/aromatic N) is 3. The lowest BCUT2D eigenvalue weighted by molar-refractivity contribution is -0.138. The summed E-state index contributed by atoms with van der Waals surface area (Å²) in [5.74, 6) is 0. The smallest absolute Gasteiger partial charge is 0.309 e. The molecule has 0 aromatic carbocycles. The zero-order valence-electron chi connectivity index (χ0n) is 14.0. The summed E-state index contributed by atoms with van der Waals surface area (Å²) in [5, 5.41) is 8.18. The number of likely N-dealkylation sites (tertiary alicyclic amines) is 1. The van der Waals surface area contributed by atoms with Crippen molar-refractivity contribution >= 4 is 0 Å². The summed E-state index contributed by atoms with van der Waals surface area (Å²) in [6.45, 7) is 1.65. The Bertz CT molecular complexity index is 481. The maximum Gasteiger partial charge on any atom is 0.390 e. The Kier molecular flexibility index (Phi) is 5.81. The van der Waals surface area contributed by atoms with Crippen molar-refractivity contribution in [3.8, 4) is 0 Å². The van der Waals surface area contributed by atoms with Crippen LogP contribution in [0.15, 0.2) is 18.5 Å². The van der Waals surface area contributed by atoms with E-state index in [0.717, 1.165) is 38.8 Å². The van der Waals surface area contributed by atoms with Crippen molar-refractivity contribution in [1.82, 2.24) is 20.0 Å². The predicted octanol–water partition coefficient (Wildman–Crippen LogP) is 3.37. The highest BCUT2D eigenvalue weighted by atomic mass is 19.4. The van der Waals surface area contributed by atoms with Gasteiger partial charge in [-0.2, -0.15) is 18.3 Å².